The van der Waals surface area contributed by atoms with E-state index in [0.717, 1.165) is 5.57 Å². The summed E-state index contributed by atoms with van der Waals surface area (Å²) < 4.78 is 11.3. The van der Waals surface area contributed by atoms with Crippen LogP contribution in [0.5, 0.6) is 0 Å². The Morgan fingerprint density at radius 1 is 1.33 bits per heavy atom. The second-order valence-electron chi connectivity index (χ2n) is 11.1. The van der Waals surface area contributed by atoms with Gasteiger partial charge in [-0.1, -0.05) is 51.2 Å². The lowest BCUT2D eigenvalue weighted by atomic mass is 9.89. The lowest BCUT2D eigenvalue weighted by Gasteiger charge is -2.30. The first-order valence-corrected chi connectivity index (χ1v) is 13.1. The maximum Gasteiger partial charge on any atom is 0.309 e. The summed E-state index contributed by atoms with van der Waals surface area (Å²) in [7, 11) is 0. The highest BCUT2D eigenvalue weighted by atomic mass is 16.6. The van der Waals surface area contributed by atoms with Gasteiger partial charge in [0.25, 0.3) is 0 Å². The van der Waals surface area contributed by atoms with Crippen LogP contribution in [0.3, 0.4) is 0 Å². The van der Waals surface area contributed by atoms with E-state index in [-0.39, 0.29) is 43.3 Å². The molecule has 0 aliphatic carbocycles. The highest BCUT2D eigenvalue weighted by Crippen LogP contribution is 2.39. The molecule has 0 saturated carbocycles. The topological polar surface area (TPSA) is 140 Å². The summed E-state index contributed by atoms with van der Waals surface area (Å²) in [4.78, 5) is 12.5. The second-order valence-corrected chi connectivity index (χ2v) is 11.1. The lowest BCUT2D eigenvalue weighted by molar-refractivity contribution is -0.151. The van der Waals surface area contributed by atoms with Gasteiger partial charge in [0.2, 0.25) is 0 Å². The van der Waals surface area contributed by atoms with Crippen molar-refractivity contribution in [2.24, 2.45) is 11.8 Å². The monoisotopic (exact) mass is 510 g/mol. The molecule has 2 aliphatic heterocycles. The average Bonchev–Trinajstić information content (AvgIpc) is 3.57. The molecular formula is C28H46O8. The number of aliphatic hydroxyl groups is 5. The maximum absolute atomic E-state index is 12.5. The number of esters is 1. The van der Waals surface area contributed by atoms with Gasteiger partial charge in [-0.2, -0.15) is 0 Å². The van der Waals surface area contributed by atoms with Gasteiger partial charge in [0, 0.05) is 5.92 Å². The predicted molar refractivity (Wildman–Crippen MR) is 137 cm³/mol. The summed E-state index contributed by atoms with van der Waals surface area (Å²) >= 11 is 0. The molecule has 1 fully saturated rings. The molecule has 0 spiro atoms. The van der Waals surface area contributed by atoms with E-state index in [1.807, 2.05) is 45.9 Å². The van der Waals surface area contributed by atoms with Crippen molar-refractivity contribution in [2.75, 3.05) is 0 Å². The molecule has 2 rings (SSSR count). The first-order chi connectivity index (χ1) is 16.7. The quantitative estimate of drug-likeness (QED) is 0.145. The predicted octanol–water partition coefficient (Wildman–Crippen LogP) is 2.57. The van der Waals surface area contributed by atoms with Crippen LogP contribution in [0.4, 0.5) is 0 Å². The molecular weight excluding hydrogens is 464 g/mol. The van der Waals surface area contributed by atoms with E-state index >= 15 is 0 Å². The standard InChI is InChI=1S/C28H46O8/c1-7-22(30)28(6,34)26-21(35-26)15-17(2)9-8-10-18(3)25-19(4)11-12-23(31)27(5,33)14-13-20(29)16-24(32)36-25/h8-12,17,19-23,25-26,29-31,33-34H,7,13-16H2,1-6H3/b9-8+,12-11+,18-10+. The molecule has 8 heteroatoms. The highest BCUT2D eigenvalue weighted by Gasteiger charge is 2.54. The Bertz CT molecular complexity index is 814. The van der Waals surface area contributed by atoms with Gasteiger partial charge < -0.3 is 35.0 Å². The Balaban J connectivity index is 2.06. The molecule has 8 nitrogen and oxygen atoms in total. The molecule has 0 bridgehead atoms. The number of aliphatic hydroxyl groups excluding tert-OH is 3. The Labute approximate surface area is 215 Å². The number of rotatable bonds is 8. The van der Waals surface area contributed by atoms with Gasteiger partial charge in [-0.05, 0) is 57.9 Å². The molecule has 206 valence electrons. The smallest absolute Gasteiger partial charge is 0.309 e. The number of hydrogen-bond donors (Lipinski definition) is 5. The molecule has 2 aliphatic rings. The number of hydrogen-bond acceptors (Lipinski definition) is 8. The van der Waals surface area contributed by atoms with Crippen LogP contribution in [0.15, 0.2) is 36.0 Å². The van der Waals surface area contributed by atoms with Crippen molar-refractivity contribution >= 4 is 5.97 Å². The Kier molecular flexibility index (Phi) is 10.9. The van der Waals surface area contributed by atoms with Crippen LogP contribution in [-0.2, 0) is 14.3 Å². The van der Waals surface area contributed by atoms with Crippen molar-refractivity contribution in [1.82, 2.24) is 0 Å². The number of cyclic esters (lactones) is 1. The van der Waals surface area contributed by atoms with Gasteiger partial charge >= 0.3 is 5.97 Å². The molecule has 10 unspecified atom stereocenters. The van der Waals surface area contributed by atoms with Gasteiger partial charge in [-0.15, -0.1) is 0 Å². The molecule has 0 aromatic heterocycles. The van der Waals surface area contributed by atoms with Crippen molar-refractivity contribution < 1.29 is 39.8 Å². The number of ether oxygens (including phenoxy) is 2. The van der Waals surface area contributed by atoms with E-state index < -0.39 is 41.6 Å². The van der Waals surface area contributed by atoms with Crippen LogP contribution in [0.1, 0.15) is 73.6 Å². The number of carbonyl (C=O) groups excluding carboxylic acids is 1. The van der Waals surface area contributed by atoms with E-state index in [2.05, 4.69) is 0 Å². The SMILES string of the molecule is CCC(O)C(C)(O)C1OC1CC(C)/C=C/C=C(\C)C1OC(=O)CC(O)CCC(C)(O)C(O)/C=C/C1C. The molecule has 36 heavy (non-hydrogen) atoms. The van der Waals surface area contributed by atoms with Crippen LogP contribution in [-0.4, -0.2) is 79.3 Å². The Morgan fingerprint density at radius 2 is 2.00 bits per heavy atom. The number of allylic oxidation sites excluding steroid dienone is 3. The van der Waals surface area contributed by atoms with Crippen LogP contribution < -0.4 is 0 Å². The van der Waals surface area contributed by atoms with E-state index in [1.165, 1.54) is 13.0 Å². The molecule has 10 atom stereocenters. The first kappa shape index (κ1) is 30.7. The fourth-order valence-electron chi connectivity index (χ4n) is 4.67. The van der Waals surface area contributed by atoms with E-state index in [1.54, 1.807) is 13.0 Å². The zero-order valence-corrected chi connectivity index (χ0v) is 22.5. The highest BCUT2D eigenvalue weighted by molar-refractivity contribution is 5.70. The van der Waals surface area contributed by atoms with Crippen LogP contribution in [0.25, 0.3) is 0 Å². The maximum atomic E-state index is 12.5. The summed E-state index contributed by atoms with van der Waals surface area (Å²) in [5.41, 5.74) is -1.88. The fourth-order valence-corrected chi connectivity index (χ4v) is 4.67. The van der Waals surface area contributed by atoms with Crippen LogP contribution >= 0.6 is 0 Å². The normalized spacial score (nSPS) is 38.9. The van der Waals surface area contributed by atoms with Gasteiger partial charge in [0.1, 0.15) is 23.9 Å². The fraction of sp³-hybridized carbons (Fsp3) is 0.750. The third-order valence-corrected chi connectivity index (χ3v) is 7.43. The zero-order valence-electron chi connectivity index (χ0n) is 22.5. The molecule has 0 aromatic rings. The van der Waals surface area contributed by atoms with Gasteiger partial charge in [-0.3, -0.25) is 4.79 Å². The van der Waals surface area contributed by atoms with Crippen LogP contribution in [0.2, 0.25) is 0 Å². The van der Waals surface area contributed by atoms with Crippen molar-refractivity contribution in [1.29, 1.82) is 0 Å². The van der Waals surface area contributed by atoms with Gasteiger partial charge in [0.15, 0.2) is 0 Å². The summed E-state index contributed by atoms with van der Waals surface area (Å²) in [5, 5.41) is 51.7. The third kappa shape index (κ3) is 8.50. The minimum Gasteiger partial charge on any atom is -0.457 e. The van der Waals surface area contributed by atoms with Crippen molar-refractivity contribution in [3.63, 3.8) is 0 Å². The van der Waals surface area contributed by atoms with Crippen molar-refractivity contribution in [3.05, 3.63) is 36.0 Å². The first-order valence-electron chi connectivity index (χ1n) is 13.1. The minimum atomic E-state index is -1.41. The third-order valence-electron chi connectivity index (χ3n) is 7.43. The van der Waals surface area contributed by atoms with E-state index in [9.17, 15) is 30.3 Å². The summed E-state index contributed by atoms with van der Waals surface area (Å²) in [5.74, 6) is -0.634. The molecule has 0 radical (unpaired) electrons. The van der Waals surface area contributed by atoms with Gasteiger partial charge in [-0.25, -0.2) is 0 Å². The van der Waals surface area contributed by atoms with Gasteiger partial charge in [0.05, 0.1) is 30.3 Å². The van der Waals surface area contributed by atoms with Crippen molar-refractivity contribution in [2.45, 2.75) is 121 Å². The van der Waals surface area contributed by atoms with E-state index in [0.29, 0.717) is 12.8 Å². The summed E-state index contributed by atoms with van der Waals surface area (Å²) in [6, 6.07) is 0. The minimum absolute atomic E-state index is 0.113. The van der Waals surface area contributed by atoms with E-state index in [4.69, 9.17) is 9.47 Å². The lowest BCUT2D eigenvalue weighted by Crippen LogP contribution is -2.45. The number of carbonyl (C=O) groups is 1. The molecule has 0 amide bonds. The summed E-state index contributed by atoms with van der Waals surface area (Å²) in [6.07, 6.45) is 6.32. The Hall–Kier alpha value is -1.55. The molecule has 0 aromatic carbocycles. The Morgan fingerprint density at radius 3 is 2.64 bits per heavy atom. The molecule has 5 N–H and O–H groups in total. The molecule has 2 heterocycles. The zero-order chi connectivity index (χ0) is 27.3. The second kappa shape index (κ2) is 12.8. The summed E-state index contributed by atoms with van der Waals surface area (Å²) in [6.45, 7) is 10.7. The van der Waals surface area contributed by atoms with Crippen molar-refractivity contribution in [3.8, 4) is 0 Å². The van der Waals surface area contributed by atoms with Crippen LogP contribution in [0, 0.1) is 11.8 Å². The number of epoxide rings is 1. The largest absolute Gasteiger partial charge is 0.457 e. The molecule has 1 saturated heterocycles. The average molecular weight is 511 g/mol.